The molecule has 2 aliphatic rings. The number of carbonyl (C=O) groups is 3. The number of carboxylic acid groups (broad SMARTS) is 3. The number of benzene rings is 1. The molecule has 1 fully saturated rings. The number of nitrogens with zero attached hydrogens (tertiary/aromatic N) is 1. The van der Waals surface area contributed by atoms with Gasteiger partial charge in [0.2, 0.25) is 0 Å². The quantitative estimate of drug-likeness (QED) is 0.339. The smallest absolute Gasteiger partial charge is 0.336 e. The Morgan fingerprint density at radius 2 is 1.50 bits per heavy atom. The molecule has 1 saturated heterocycles. The van der Waals surface area contributed by atoms with Crippen molar-refractivity contribution in [1.29, 1.82) is 0 Å². The molecular formula is C23H33NO10. The highest BCUT2D eigenvalue weighted by molar-refractivity contribution is 5.88. The van der Waals surface area contributed by atoms with Gasteiger partial charge in [-0.05, 0) is 38.1 Å². The lowest BCUT2D eigenvalue weighted by atomic mass is 9.96. The van der Waals surface area contributed by atoms with E-state index < -0.39 is 42.1 Å². The van der Waals surface area contributed by atoms with Gasteiger partial charge in [-0.1, -0.05) is 18.6 Å². The number of rotatable bonds is 11. The van der Waals surface area contributed by atoms with E-state index in [1.165, 1.54) is 32.4 Å². The van der Waals surface area contributed by atoms with E-state index in [2.05, 4.69) is 4.90 Å². The monoisotopic (exact) mass is 483 g/mol. The lowest BCUT2D eigenvalue weighted by Gasteiger charge is -2.26. The molecule has 11 heteroatoms. The summed E-state index contributed by atoms with van der Waals surface area (Å²) in [6.45, 7) is 6.92. The topological polar surface area (TPSA) is 163 Å². The molecule has 0 spiro atoms. The molecule has 0 aliphatic carbocycles. The Labute approximate surface area is 197 Å². The van der Waals surface area contributed by atoms with Crippen LogP contribution in [0.4, 0.5) is 0 Å². The number of aliphatic hydroxyl groups is 1. The maximum atomic E-state index is 10.3. The van der Waals surface area contributed by atoms with E-state index in [9.17, 15) is 14.4 Å². The Kier molecular flexibility index (Phi) is 10.1. The first kappa shape index (κ1) is 27.4. The van der Waals surface area contributed by atoms with Crippen LogP contribution in [0.15, 0.2) is 24.3 Å². The van der Waals surface area contributed by atoms with Gasteiger partial charge in [0.1, 0.15) is 0 Å². The maximum absolute atomic E-state index is 10.3. The minimum atomic E-state index is -2.74. The van der Waals surface area contributed by atoms with Gasteiger partial charge in [0, 0.05) is 19.9 Å². The summed E-state index contributed by atoms with van der Waals surface area (Å²) in [6.07, 6.45) is 2.49. The summed E-state index contributed by atoms with van der Waals surface area (Å²) in [4.78, 5) is 33.0. The van der Waals surface area contributed by atoms with Crippen LogP contribution in [0.3, 0.4) is 0 Å². The van der Waals surface area contributed by atoms with Gasteiger partial charge in [-0.2, -0.15) is 0 Å². The molecule has 0 atom stereocenters. The fourth-order valence-electron chi connectivity index (χ4n) is 3.66. The van der Waals surface area contributed by atoms with Crippen molar-refractivity contribution in [3.63, 3.8) is 0 Å². The Morgan fingerprint density at radius 1 is 0.971 bits per heavy atom. The van der Waals surface area contributed by atoms with E-state index in [0.29, 0.717) is 6.61 Å². The van der Waals surface area contributed by atoms with Gasteiger partial charge in [-0.25, -0.2) is 4.79 Å². The van der Waals surface area contributed by atoms with Gasteiger partial charge in [-0.3, -0.25) is 9.59 Å². The zero-order valence-electron chi connectivity index (χ0n) is 19.3. The van der Waals surface area contributed by atoms with Crippen LogP contribution in [0.2, 0.25) is 0 Å². The Morgan fingerprint density at radius 3 is 1.97 bits per heavy atom. The number of hydrogen-bond acceptors (Lipinski definition) is 8. The van der Waals surface area contributed by atoms with Crippen LogP contribution >= 0.6 is 0 Å². The van der Waals surface area contributed by atoms with Crippen molar-refractivity contribution in [1.82, 2.24) is 4.90 Å². The van der Waals surface area contributed by atoms with E-state index in [-0.39, 0.29) is 0 Å². The van der Waals surface area contributed by atoms with Gasteiger partial charge < -0.3 is 39.5 Å². The molecule has 34 heavy (non-hydrogen) atoms. The van der Waals surface area contributed by atoms with E-state index in [1.54, 1.807) is 0 Å². The summed E-state index contributed by atoms with van der Waals surface area (Å²) in [6, 6.07) is 7.81. The highest BCUT2D eigenvalue weighted by Gasteiger charge is 2.40. The molecule has 11 nitrogen and oxygen atoms in total. The second-order valence-electron chi connectivity index (χ2n) is 8.53. The fraction of sp³-hybridized carbons (Fsp3) is 0.609. The Balaban J connectivity index is 0.000000273. The standard InChI is InChI=1S/C17H25NO3.C6H8O7/c1-17(20-15-7-3-4-8-16(15)21-17)9-13-19-14-12-18-10-5-2-6-11-18;7-3(8)1-6(13,5(11)12)2-4(9)10/h3-4,7-8H,2,5-6,9-14H2,1H3;13H,1-2H2,(H,7,8)(H,9,10)(H,11,12). The summed E-state index contributed by atoms with van der Waals surface area (Å²) in [5.41, 5.74) is -2.74. The Bertz CT molecular complexity index is 796. The molecule has 2 heterocycles. The number of likely N-dealkylation sites (tertiary alicyclic amines) is 1. The van der Waals surface area contributed by atoms with Gasteiger partial charge in [-0.15, -0.1) is 0 Å². The molecule has 190 valence electrons. The van der Waals surface area contributed by atoms with Crippen LogP contribution in [0, 0.1) is 0 Å². The van der Waals surface area contributed by atoms with E-state index in [0.717, 1.165) is 31.1 Å². The summed E-state index contributed by atoms with van der Waals surface area (Å²) in [5, 5.41) is 33.8. The van der Waals surface area contributed by atoms with Crippen molar-refractivity contribution in [2.75, 3.05) is 32.8 Å². The highest BCUT2D eigenvalue weighted by Crippen LogP contribution is 2.40. The summed E-state index contributed by atoms with van der Waals surface area (Å²) >= 11 is 0. The van der Waals surface area contributed by atoms with Crippen molar-refractivity contribution in [3.05, 3.63) is 24.3 Å². The van der Waals surface area contributed by atoms with Gasteiger partial charge in [0.15, 0.2) is 17.1 Å². The van der Waals surface area contributed by atoms with Gasteiger partial charge >= 0.3 is 17.9 Å². The van der Waals surface area contributed by atoms with E-state index in [1.807, 2.05) is 31.2 Å². The van der Waals surface area contributed by atoms with E-state index in [4.69, 9.17) is 34.6 Å². The first-order chi connectivity index (χ1) is 16.0. The minimum Gasteiger partial charge on any atom is -0.481 e. The van der Waals surface area contributed by atoms with Crippen LogP contribution < -0.4 is 9.47 Å². The zero-order valence-corrected chi connectivity index (χ0v) is 19.3. The van der Waals surface area contributed by atoms with Crippen molar-refractivity contribution in [2.45, 2.75) is 56.8 Å². The van der Waals surface area contributed by atoms with Crippen LogP contribution in [0.25, 0.3) is 0 Å². The van der Waals surface area contributed by atoms with Crippen LogP contribution in [0.1, 0.15) is 45.4 Å². The lowest BCUT2D eigenvalue weighted by Crippen LogP contribution is -2.42. The molecule has 0 saturated carbocycles. The first-order valence-electron chi connectivity index (χ1n) is 11.2. The van der Waals surface area contributed by atoms with Crippen LogP contribution in [-0.2, 0) is 19.1 Å². The fourth-order valence-corrected chi connectivity index (χ4v) is 3.66. The third-order valence-electron chi connectivity index (χ3n) is 5.49. The summed E-state index contributed by atoms with van der Waals surface area (Å²) < 4.78 is 17.5. The molecule has 1 aromatic rings. The summed E-state index contributed by atoms with van der Waals surface area (Å²) in [5.74, 6) is -3.95. The van der Waals surface area contributed by atoms with Crippen molar-refractivity contribution >= 4 is 17.9 Å². The number of para-hydroxylation sites is 2. The first-order valence-corrected chi connectivity index (χ1v) is 11.2. The molecule has 0 unspecified atom stereocenters. The third kappa shape index (κ3) is 8.81. The molecule has 1 aromatic carbocycles. The number of ether oxygens (including phenoxy) is 3. The molecular weight excluding hydrogens is 450 g/mol. The summed E-state index contributed by atoms with van der Waals surface area (Å²) in [7, 11) is 0. The van der Waals surface area contributed by atoms with E-state index >= 15 is 0 Å². The number of piperidine rings is 1. The third-order valence-corrected chi connectivity index (χ3v) is 5.49. The van der Waals surface area contributed by atoms with Gasteiger partial charge in [0.05, 0.1) is 26.1 Å². The predicted octanol–water partition coefficient (Wildman–Crippen LogP) is 1.82. The van der Waals surface area contributed by atoms with Crippen LogP contribution in [0.5, 0.6) is 11.5 Å². The second-order valence-corrected chi connectivity index (χ2v) is 8.53. The predicted molar refractivity (Wildman–Crippen MR) is 119 cm³/mol. The zero-order chi connectivity index (χ0) is 25.2. The average Bonchev–Trinajstić information content (AvgIpc) is 3.09. The molecule has 0 amide bonds. The number of carboxylic acids is 3. The van der Waals surface area contributed by atoms with Crippen molar-refractivity contribution in [2.24, 2.45) is 0 Å². The second kappa shape index (κ2) is 12.5. The SMILES string of the molecule is CC1(CCOCCN2CCCCC2)Oc2ccccc2O1.O=C(O)CC(O)(CC(=O)O)C(=O)O. The molecule has 0 aromatic heterocycles. The van der Waals surface area contributed by atoms with Gasteiger partial charge in [0.25, 0.3) is 5.79 Å². The van der Waals surface area contributed by atoms with Crippen molar-refractivity contribution < 1.29 is 49.0 Å². The lowest BCUT2D eigenvalue weighted by molar-refractivity contribution is -0.170. The average molecular weight is 484 g/mol. The minimum absolute atomic E-state index is 0.588. The molecule has 4 N–H and O–H groups in total. The molecule has 0 radical (unpaired) electrons. The number of aliphatic carboxylic acids is 3. The van der Waals surface area contributed by atoms with Crippen LogP contribution in [-0.4, -0.2) is 87.5 Å². The maximum Gasteiger partial charge on any atom is 0.336 e. The molecule has 2 aliphatic heterocycles. The number of hydrogen-bond donors (Lipinski definition) is 4. The largest absolute Gasteiger partial charge is 0.481 e. The van der Waals surface area contributed by atoms with Crippen molar-refractivity contribution in [3.8, 4) is 11.5 Å². The highest BCUT2D eigenvalue weighted by atomic mass is 16.7. The molecule has 3 rings (SSSR count). The molecule has 0 bridgehead atoms. The normalized spacial score (nSPS) is 16.9. The number of fused-ring (bicyclic) bond motifs is 1. The Hall–Kier alpha value is -2.89.